The quantitative estimate of drug-likeness (QED) is 0.519. The van der Waals surface area contributed by atoms with Crippen molar-refractivity contribution >= 4 is 29.4 Å². The number of hydrogen-bond donors (Lipinski definition) is 0. The molecule has 3 aromatic rings. The Morgan fingerprint density at radius 3 is 2.25 bits per heavy atom. The third-order valence-corrected chi connectivity index (χ3v) is 6.36. The van der Waals surface area contributed by atoms with Crippen LogP contribution in [0.25, 0.3) is 0 Å². The normalized spacial score (nSPS) is 19.8. The topological polar surface area (TPSA) is 78.8 Å². The van der Waals surface area contributed by atoms with Crippen LogP contribution < -0.4 is 9.80 Å². The predicted octanol–water partition coefficient (Wildman–Crippen LogP) is 3.06. The van der Waals surface area contributed by atoms with Crippen LogP contribution in [0.3, 0.4) is 0 Å². The molecule has 182 valence electrons. The average Bonchev–Trinajstić information content (AvgIpc) is 3.27. The zero-order valence-electron chi connectivity index (χ0n) is 19.5. The van der Waals surface area contributed by atoms with E-state index in [1.54, 1.807) is 43.6 Å². The van der Waals surface area contributed by atoms with Gasteiger partial charge < -0.3 is 4.90 Å². The number of halogens is 2. The van der Waals surface area contributed by atoms with E-state index in [1.165, 1.54) is 21.4 Å². The van der Waals surface area contributed by atoms with Crippen LogP contribution in [0.15, 0.2) is 54.7 Å². The molecule has 4 amide bonds. The molecule has 36 heavy (non-hydrogen) atoms. The number of fused-ring (bicyclic) bond motifs is 1. The lowest BCUT2D eigenvalue weighted by Crippen LogP contribution is -2.73. The molecular formula is C26H21F2N5O3. The largest absolute Gasteiger partial charge is 0.332 e. The standard InChI is InChI=1S/C26H21F2N5O3/c1-26-16-22(34)33(25(36)32(26)13-12-31(24(26)35)21-10-11-30(2)29-21)23-19(27)14-18(15-20(23)28)9-8-17-6-4-3-5-7-17/h3-7,10-11,14-15H,12-13,16H2,1-2H3. The van der Waals surface area contributed by atoms with Crippen molar-refractivity contribution in [1.82, 2.24) is 14.7 Å². The van der Waals surface area contributed by atoms with E-state index in [0.717, 1.165) is 12.1 Å². The molecule has 2 aliphatic rings. The van der Waals surface area contributed by atoms with Crippen LogP contribution in [0, 0.1) is 23.5 Å². The minimum absolute atomic E-state index is 0.0542. The van der Waals surface area contributed by atoms with Gasteiger partial charge in [-0.25, -0.2) is 18.5 Å². The molecule has 0 bridgehead atoms. The second-order valence-electron chi connectivity index (χ2n) is 8.82. The number of anilines is 2. The number of carbonyl (C=O) groups is 3. The van der Waals surface area contributed by atoms with Gasteiger partial charge >= 0.3 is 6.03 Å². The lowest BCUT2D eigenvalue weighted by Gasteiger charge is -2.51. The first-order valence-corrected chi connectivity index (χ1v) is 11.2. The van der Waals surface area contributed by atoms with E-state index in [2.05, 4.69) is 16.9 Å². The molecular weight excluding hydrogens is 468 g/mol. The van der Waals surface area contributed by atoms with Crippen molar-refractivity contribution in [2.75, 3.05) is 22.9 Å². The first-order chi connectivity index (χ1) is 17.2. The van der Waals surface area contributed by atoms with Crippen LogP contribution in [0.5, 0.6) is 0 Å². The van der Waals surface area contributed by atoms with Crippen LogP contribution in [0.4, 0.5) is 25.1 Å². The highest BCUT2D eigenvalue weighted by Gasteiger charge is 2.56. The highest BCUT2D eigenvalue weighted by molar-refractivity contribution is 6.20. The summed E-state index contributed by atoms with van der Waals surface area (Å²) in [6, 6.07) is 11.6. The summed E-state index contributed by atoms with van der Waals surface area (Å²) < 4.78 is 31.7. The van der Waals surface area contributed by atoms with E-state index >= 15 is 8.78 Å². The van der Waals surface area contributed by atoms with Gasteiger partial charge in [0.2, 0.25) is 5.91 Å². The predicted molar refractivity (Wildman–Crippen MR) is 127 cm³/mol. The Morgan fingerprint density at radius 2 is 1.61 bits per heavy atom. The molecule has 0 N–H and O–H groups in total. The number of benzene rings is 2. The molecule has 2 fully saturated rings. The third-order valence-electron chi connectivity index (χ3n) is 6.36. The molecule has 0 aliphatic carbocycles. The van der Waals surface area contributed by atoms with Crippen molar-refractivity contribution in [2.45, 2.75) is 18.9 Å². The number of urea groups is 1. The summed E-state index contributed by atoms with van der Waals surface area (Å²) in [7, 11) is 1.71. The van der Waals surface area contributed by atoms with Gasteiger partial charge in [-0.2, -0.15) is 5.10 Å². The number of rotatable bonds is 2. The Morgan fingerprint density at radius 1 is 0.944 bits per heavy atom. The number of piperazine rings is 1. The molecule has 0 spiro atoms. The van der Waals surface area contributed by atoms with E-state index in [4.69, 9.17) is 0 Å². The molecule has 5 rings (SSSR count). The van der Waals surface area contributed by atoms with Crippen LogP contribution in [-0.2, 0) is 16.6 Å². The monoisotopic (exact) mass is 489 g/mol. The fourth-order valence-electron chi connectivity index (χ4n) is 4.54. The maximum Gasteiger partial charge on any atom is 0.332 e. The van der Waals surface area contributed by atoms with Crippen molar-refractivity contribution in [2.24, 2.45) is 7.05 Å². The molecule has 0 saturated carbocycles. The second kappa shape index (κ2) is 8.61. The first kappa shape index (κ1) is 23.2. The molecule has 1 unspecified atom stereocenters. The zero-order chi connectivity index (χ0) is 25.6. The molecule has 1 aromatic heterocycles. The van der Waals surface area contributed by atoms with E-state index in [1.807, 2.05) is 6.07 Å². The van der Waals surface area contributed by atoms with Gasteiger partial charge in [0.05, 0.1) is 6.42 Å². The maximum atomic E-state index is 15.1. The van der Waals surface area contributed by atoms with Crippen molar-refractivity contribution in [1.29, 1.82) is 0 Å². The Balaban J connectivity index is 1.44. The Bertz CT molecular complexity index is 1440. The molecule has 1 atom stereocenters. The Labute approximate surface area is 205 Å². The number of amides is 4. The second-order valence-corrected chi connectivity index (χ2v) is 8.82. The van der Waals surface area contributed by atoms with E-state index in [9.17, 15) is 14.4 Å². The lowest BCUT2D eigenvalue weighted by molar-refractivity contribution is -0.137. The van der Waals surface area contributed by atoms with Gasteiger partial charge in [-0.1, -0.05) is 30.0 Å². The summed E-state index contributed by atoms with van der Waals surface area (Å²) in [5, 5.41) is 4.23. The van der Waals surface area contributed by atoms with Crippen molar-refractivity contribution in [3.05, 3.63) is 77.5 Å². The maximum absolute atomic E-state index is 15.1. The smallest absolute Gasteiger partial charge is 0.307 e. The van der Waals surface area contributed by atoms with E-state index < -0.39 is 47.1 Å². The number of imide groups is 1. The summed E-state index contributed by atoms with van der Waals surface area (Å²) in [5.41, 5.74) is -1.57. The SMILES string of the molecule is Cn1ccc(N2CCN3C(=O)N(c4c(F)cc(C#Cc5ccccc5)cc4F)C(=O)CC3(C)C2=O)n1. The van der Waals surface area contributed by atoms with Gasteiger partial charge in [-0.05, 0) is 31.2 Å². The summed E-state index contributed by atoms with van der Waals surface area (Å²) in [4.78, 5) is 42.9. The summed E-state index contributed by atoms with van der Waals surface area (Å²) >= 11 is 0. The van der Waals surface area contributed by atoms with Crippen LogP contribution in [0.1, 0.15) is 24.5 Å². The highest BCUT2D eigenvalue weighted by Crippen LogP contribution is 2.37. The molecule has 2 saturated heterocycles. The van der Waals surface area contributed by atoms with Gasteiger partial charge in [0.15, 0.2) is 17.5 Å². The van der Waals surface area contributed by atoms with Crippen LogP contribution in [0.2, 0.25) is 0 Å². The van der Waals surface area contributed by atoms with Gasteiger partial charge in [0.25, 0.3) is 5.91 Å². The van der Waals surface area contributed by atoms with Crippen molar-refractivity contribution < 1.29 is 23.2 Å². The fraction of sp³-hybridized carbons (Fsp3) is 0.231. The Hall–Kier alpha value is -4.52. The molecule has 8 nitrogen and oxygen atoms in total. The third kappa shape index (κ3) is 3.79. The summed E-state index contributed by atoms with van der Waals surface area (Å²) in [5.74, 6) is 2.33. The highest BCUT2D eigenvalue weighted by atomic mass is 19.1. The number of carbonyl (C=O) groups excluding carboxylic acids is 3. The number of hydrogen-bond acceptors (Lipinski definition) is 4. The zero-order valence-corrected chi connectivity index (χ0v) is 19.5. The van der Waals surface area contributed by atoms with Gasteiger partial charge in [0, 0.05) is 43.5 Å². The molecule has 2 aromatic carbocycles. The van der Waals surface area contributed by atoms with Crippen LogP contribution >= 0.6 is 0 Å². The first-order valence-electron chi connectivity index (χ1n) is 11.2. The minimum Gasteiger partial charge on any atom is -0.307 e. The van der Waals surface area contributed by atoms with Gasteiger partial charge in [-0.15, -0.1) is 0 Å². The van der Waals surface area contributed by atoms with Crippen molar-refractivity contribution in [3.63, 3.8) is 0 Å². The van der Waals surface area contributed by atoms with Crippen molar-refractivity contribution in [3.8, 4) is 11.8 Å². The Kier molecular flexibility index (Phi) is 5.55. The molecule has 0 radical (unpaired) electrons. The minimum atomic E-state index is -1.51. The molecule has 2 aliphatic heterocycles. The summed E-state index contributed by atoms with van der Waals surface area (Å²) in [6.07, 6.45) is 1.24. The number of aromatic nitrogens is 2. The van der Waals surface area contributed by atoms with Gasteiger partial charge in [-0.3, -0.25) is 19.2 Å². The number of aryl methyl sites for hydroxylation is 1. The van der Waals surface area contributed by atoms with Gasteiger partial charge in [0.1, 0.15) is 11.2 Å². The average molecular weight is 489 g/mol. The van der Waals surface area contributed by atoms with Crippen LogP contribution in [-0.4, -0.2) is 51.2 Å². The fourth-order valence-corrected chi connectivity index (χ4v) is 4.54. The lowest BCUT2D eigenvalue weighted by atomic mass is 9.88. The summed E-state index contributed by atoms with van der Waals surface area (Å²) in [6.45, 7) is 1.66. The molecule has 10 heteroatoms. The number of nitrogens with zero attached hydrogens (tertiary/aromatic N) is 5. The van der Waals surface area contributed by atoms with E-state index in [-0.39, 0.29) is 18.7 Å². The molecule has 3 heterocycles. The van der Waals surface area contributed by atoms with E-state index in [0.29, 0.717) is 16.3 Å².